The van der Waals surface area contributed by atoms with Crippen LogP contribution in [-0.4, -0.2) is 21.8 Å². The highest BCUT2D eigenvalue weighted by atomic mass is 35.5. The van der Waals surface area contributed by atoms with Crippen LogP contribution in [0.4, 0.5) is 0 Å². The molecule has 16 heavy (non-hydrogen) atoms. The van der Waals surface area contributed by atoms with Gasteiger partial charge < -0.3 is 0 Å². The Morgan fingerprint density at radius 1 is 1.31 bits per heavy atom. The largest absolute Gasteiger partial charge is 0.269 e. The molecule has 1 rings (SSSR count). The molecule has 0 fully saturated rings. The Bertz CT molecular complexity index is 323. The maximum absolute atomic E-state index is 6.01. The first-order chi connectivity index (χ1) is 7.78. The van der Waals surface area contributed by atoms with Gasteiger partial charge in [-0.1, -0.05) is 13.8 Å². The van der Waals surface area contributed by atoms with Gasteiger partial charge in [0.1, 0.15) is 0 Å². The van der Waals surface area contributed by atoms with Gasteiger partial charge in [-0.15, -0.1) is 11.6 Å². The first-order valence-corrected chi connectivity index (χ1v) is 7.83. The lowest BCUT2D eigenvalue weighted by molar-refractivity contribution is 0.574. The number of hydrogen-bond donors (Lipinski definition) is 0. The molecule has 0 aliphatic heterocycles. The minimum absolute atomic E-state index is 0.592. The van der Waals surface area contributed by atoms with Crippen molar-refractivity contribution in [2.24, 2.45) is 0 Å². The Morgan fingerprint density at radius 3 is 2.56 bits per heavy atom. The van der Waals surface area contributed by atoms with E-state index in [9.17, 15) is 0 Å². The third-order valence-corrected chi connectivity index (χ3v) is 3.74. The van der Waals surface area contributed by atoms with Crippen LogP contribution in [0.5, 0.6) is 0 Å². The predicted octanol–water partition coefficient (Wildman–Crippen LogP) is 3.50. The summed E-state index contributed by atoms with van der Waals surface area (Å²) in [5.41, 5.74) is 3.76. The third-order valence-electron chi connectivity index (χ3n) is 2.77. The summed E-state index contributed by atoms with van der Waals surface area (Å²) in [7, 11) is 0. The van der Waals surface area contributed by atoms with Crippen LogP contribution in [0.25, 0.3) is 0 Å². The fourth-order valence-corrected chi connectivity index (χ4v) is 2.69. The molecule has 0 bridgehead atoms. The first kappa shape index (κ1) is 13.9. The highest BCUT2D eigenvalue weighted by molar-refractivity contribution is 7.98. The predicted molar refractivity (Wildman–Crippen MR) is 73.5 cm³/mol. The van der Waals surface area contributed by atoms with Crippen LogP contribution in [0.3, 0.4) is 0 Å². The fourth-order valence-electron chi connectivity index (χ4n) is 1.97. The van der Waals surface area contributed by atoms with Crippen molar-refractivity contribution in [2.75, 3.05) is 12.0 Å². The number of aryl methyl sites for hydroxylation is 2. The van der Waals surface area contributed by atoms with Gasteiger partial charge in [0.2, 0.25) is 0 Å². The SMILES string of the molecule is CCc1nn(CCCSC)c(CC)c1CCl. The van der Waals surface area contributed by atoms with Crippen LogP contribution >= 0.6 is 23.4 Å². The molecule has 0 spiro atoms. The average Bonchev–Trinajstić information content (AvgIpc) is 2.66. The number of alkyl halides is 1. The van der Waals surface area contributed by atoms with Crippen LogP contribution in [0.1, 0.15) is 37.2 Å². The molecule has 0 amide bonds. The summed E-state index contributed by atoms with van der Waals surface area (Å²) >= 11 is 7.90. The molecule has 4 heteroatoms. The summed E-state index contributed by atoms with van der Waals surface area (Å²) in [6, 6.07) is 0. The van der Waals surface area contributed by atoms with Crippen molar-refractivity contribution in [3.63, 3.8) is 0 Å². The number of halogens is 1. The molecule has 92 valence electrons. The molecule has 0 aliphatic carbocycles. The Hall–Kier alpha value is -0.150. The summed E-state index contributed by atoms with van der Waals surface area (Å²) in [6.07, 6.45) is 5.32. The molecule has 0 aromatic carbocycles. The van der Waals surface area contributed by atoms with E-state index in [-0.39, 0.29) is 0 Å². The second kappa shape index (κ2) is 7.23. The van der Waals surface area contributed by atoms with Gasteiger partial charge in [-0.2, -0.15) is 16.9 Å². The molecular formula is C12H21ClN2S. The Labute approximate surface area is 108 Å². The molecular weight excluding hydrogens is 240 g/mol. The molecule has 0 atom stereocenters. The summed E-state index contributed by atoms with van der Waals surface area (Å²) in [5, 5.41) is 4.67. The smallest absolute Gasteiger partial charge is 0.0668 e. The van der Waals surface area contributed by atoms with Gasteiger partial charge >= 0.3 is 0 Å². The van der Waals surface area contributed by atoms with E-state index >= 15 is 0 Å². The van der Waals surface area contributed by atoms with Crippen molar-refractivity contribution in [3.8, 4) is 0 Å². The Balaban J connectivity index is 2.85. The normalized spacial score (nSPS) is 11.0. The average molecular weight is 261 g/mol. The second-order valence-corrected chi connectivity index (χ2v) is 5.04. The van der Waals surface area contributed by atoms with Gasteiger partial charge in [-0.05, 0) is 31.3 Å². The van der Waals surface area contributed by atoms with Crippen LogP contribution in [0, 0.1) is 0 Å². The minimum atomic E-state index is 0.592. The zero-order valence-corrected chi connectivity index (χ0v) is 12.0. The molecule has 0 saturated heterocycles. The summed E-state index contributed by atoms with van der Waals surface area (Å²) < 4.78 is 2.16. The molecule has 1 heterocycles. The maximum atomic E-state index is 6.01. The van der Waals surface area contributed by atoms with Gasteiger partial charge in [0.25, 0.3) is 0 Å². The van der Waals surface area contributed by atoms with Crippen LogP contribution in [-0.2, 0) is 25.3 Å². The summed E-state index contributed by atoms with van der Waals surface area (Å²) in [6.45, 7) is 5.34. The molecule has 0 N–H and O–H groups in total. The molecule has 0 radical (unpaired) electrons. The zero-order chi connectivity index (χ0) is 12.0. The fraction of sp³-hybridized carbons (Fsp3) is 0.750. The van der Waals surface area contributed by atoms with Gasteiger partial charge in [0, 0.05) is 17.8 Å². The van der Waals surface area contributed by atoms with Crippen molar-refractivity contribution in [1.82, 2.24) is 9.78 Å². The maximum Gasteiger partial charge on any atom is 0.0668 e. The van der Waals surface area contributed by atoms with E-state index in [2.05, 4.69) is 29.9 Å². The molecule has 2 nitrogen and oxygen atoms in total. The molecule has 0 saturated carbocycles. The number of thioether (sulfide) groups is 1. The van der Waals surface area contributed by atoms with Crippen LogP contribution in [0.15, 0.2) is 0 Å². The van der Waals surface area contributed by atoms with Gasteiger partial charge in [-0.3, -0.25) is 4.68 Å². The zero-order valence-electron chi connectivity index (χ0n) is 10.4. The van der Waals surface area contributed by atoms with E-state index in [1.54, 1.807) is 0 Å². The van der Waals surface area contributed by atoms with Crippen molar-refractivity contribution in [1.29, 1.82) is 0 Å². The lowest BCUT2D eigenvalue weighted by Crippen LogP contribution is -2.06. The van der Waals surface area contributed by atoms with Crippen LogP contribution < -0.4 is 0 Å². The highest BCUT2D eigenvalue weighted by Crippen LogP contribution is 2.19. The van der Waals surface area contributed by atoms with E-state index in [0.717, 1.165) is 19.4 Å². The van der Waals surface area contributed by atoms with Crippen molar-refractivity contribution >= 4 is 23.4 Å². The van der Waals surface area contributed by atoms with Crippen molar-refractivity contribution < 1.29 is 0 Å². The van der Waals surface area contributed by atoms with E-state index in [1.165, 1.54) is 29.1 Å². The highest BCUT2D eigenvalue weighted by Gasteiger charge is 2.13. The lowest BCUT2D eigenvalue weighted by atomic mass is 10.1. The number of nitrogens with zero attached hydrogens (tertiary/aromatic N) is 2. The summed E-state index contributed by atoms with van der Waals surface area (Å²) in [5.74, 6) is 1.79. The van der Waals surface area contributed by atoms with E-state index in [0.29, 0.717) is 5.88 Å². The van der Waals surface area contributed by atoms with E-state index in [1.807, 2.05) is 11.8 Å². The molecule has 0 aliphatic rings. The van der Waals surface area contributed by atoms with Gasteiger partial charge in [0.05, 0.1) is 11.6 Å². The standard InChI is InChI=1S/C12H21ClN2S/c1-4-11-10(9-13)12(5-2)15(14-11)7-6-8-16-3/h4-9H2,1-3H3. The topological polar surface area (TPSA) is 17.8 Å². The van der Waals surface area contributed by atoms with Crippen LogP contribution in [0.2, 0.25) is 0 Å². The van der Waals surface area contributed by atoms with Crippen molar-refractivity contribution in [2.45, 2.75) is 45.5 Å². The second-order valence-electron chi connectivity index (χ2n) is 3.78. The van der Waals surface area contributed by atoms with E-state index < -0.39 is 0 Å². The Morgan fingerprint density at radius 2 is 2.06 bits per heavy atom. The lowest BCUT2D eigenvalue weighted by Gasteiger charge is -2.06. The number of rotatable bonds is 7. The first-order valence-electron chi connectivity index (χ1n) is 5.90. The molecule has 1 aromatic rings. The Kier molecular flexibility index (Phi) is 6.29. The molecule has 1 aromatic heterocycles. The quantitative estimate of drug-likeness (QED) is 0.552. The molecule has 0 unspecified atom stereocenters. The van der Waals surface area contributed by atoms with Gasteiger partial charge in [-0.25, -0.2) is 0 Å². The number of hydrogen-bond acceptors (Lipinski definition) is 2. The number of aromatic nitrogens is 2. The summed E-state index contributed by atoms with van der Waals surface area (Å²) in [4.78, 5) is 0. The van der Waals surface area contributed by atoms with Gasteiger partial charge in [0.15, 0.2) is 0 Å². The minimum Gasteiger partial charge on any atom is -0.269 e. The van der Waals surface area contributed by atoms with Crippen molar-refractivity contribution in [3.05, 3.63) is 17.0 Å². The van der Waals surface area contributed by atoms with E-state index in [4.69, 9.17) is 11.6 Å². The third kappa shape index (κ3) is 3.17. The monoisotopic (exact) mass is 260 g/mol.